The van der Waals surface area contributed by atoms with Crippen molar-refractivity contribution in [1.82, 2.24) is 0 Å². The van der Waals surface area contributed by atoms with Gasteiger partial charge in [-0.25, -0.2) is 0 Å². The standard InChI is InChI=1S/Co.3H2O.Zr/h;3*1H2;/q+2;;;;/p-2. The summed E-state index contributed by atoms with van der Waals surface area (Å²) in [5, 5.41) is 0. The molecule has 0 heterocycles. The van der Waals surface area contributed by atoms with Gasteiger partial charge >= 0.3 is 16.8 Å². The minimum atomic E-state index is 0. The number of rotatable bonds is 0. The van der Waals surface area contributed by atoms with E-state index in [9.17, 15) is 0 Å². The molecule has 0 spiro atoms. The Bertz CT molecular complexity index is 6.85. The monoisotopic (exact) mass is 201 g/mol. The van der Waals surface area contributed by atoms with E-state index < -0.39 is 0 Å². The van der Waals surface area contributed by atoms with Crippen molar-refractivity contribution >= 4 is 0 Å². The Balaban J connectivity index is 0. The summed E-state index contributed by atoms with van der Waals surface area (Å²) in [5.41, 5.74) is 0. The first-order valence-electron chi connectivity index (χ1n) is 0. The van der Waals surface area contributed by atoms with Gasteiger partial charge in [0.25, 0.3) is 0 Å². The molecule has 5 heavy (non-hydrogen) atoms. The number of hydrogen-bond donors (Lipinski definition) is 0. The molecule has 0 saturated carbocycles. The van der Waals surface area contributed by atoms with Crippen LogP contribution in [0.15, 0.2) is 0 Å². The van der Waals surface area contributed by atoms with E-state index in [0.29, 0.717) is 0 Å². The largest absolute Gasteiger partial charge is 2.00 e. The molecule has 0 aromatic carbocycles. The van der Waals surface area contributed by atoms with Crippen LogP contribution >= 0.6 is 0 Å². The van der Waals surface area contributed by atoms with E-state index in [0.717, 1.165) is 0 Å². The van der Waals surface area contributed by atoms with E-state index in [1.807, 2.05) is 0 Å². The second-order valence-electron chi connectivity index (χ2n) is 0. The van der Waals surface area contributed by atoms with Gasteiger partial charge in [-0.05, 0) is 0 Å². The molecule has 0 atom stereocenters. The van der Waals surface area contributed by atoms with Crippen LogP contribution in [0, 0.1) is 0 Å². The Morgan fingerprint density at radius 1 is 0.800 bits per heavy atom. The van der Waals surface area contributed by atoms with Crippen molar-refractivity contribution < 1.29 is 59.4 Å². The van der Waals surface area contributed by atoms with E-state index in [-0.39, 0.29) is 59.4 Å². The van der Waals surface area contributed by atoms with Gasteiger partial charge in [0.05, 0.1) is 0 Å². The van der Waals surface area contributed by atoms with Gasteiger partial charge in [0.2, 0.25) is 0 Å². The third-order valence-corrected chi connectivity index (χ3v) is 0. The Hall–Kier alpha value is 1.27. The molecular weight excluding hydrogens is 198 g/mol. The molecule has 4 N–H and O–H groups in total. The van der Waals surface area contributed by atoms with Crippen LogP contribution in [0.25, 0.3) is 0 Å². The van der Waals surface area contributed by atoms with Gasteiger partial charge in [-0.2, -0.15) is 0 Å². The van der Waals surface area contributed by atoms with Crippen LogP contribution in [-0.2, 0) is 43.0 Å². The molecular formula is H4CoO3Zr. The van der Waals surface area contributed by atoms with Crippen molar-refractivity contribution in [3.05, 3.63) is 0 Å². The molecule has 3 nitrogen and oxygen atoms in total. The van der Waals surface area contributed by atoms with Crippen molar-refractivity contribution in [2.45, 2.75) is 0 Å². The van der Waals surface area contributed by atoms with Crippen LogP contribution in [-0.4, -0.2) is 16.4 Å². The van der Waals surface area contributed by atoms with E-state index in [4.69, 9.17) is 0 Å². The third-order valence-electron chi connectivity index (χ3n) is 0. The molecule has 0 bridgehead atoms. The number of hydrogen-bond acceptors (Lipinski definition) is 2. The van der Waals surface area contributed by atoms with Crippen LogP contribution in [0.3, 0.4) is 0 Å². The first-order chi connectivity index (χ1) is 0. The van der Waals surface area contributed by atoms with Gasteiger partial charge in [-0.1, -0.05) is 0 Å². The topological polar surface area (TPSA) is 91.5 Å². The van der Waals surface area contributed by atoms with Crippen molar-refractivity contribution in [3.63, 3.8) is 0 Å². The fraction of sp³-hybridized carbons (Fsp3) is 0. The summed E-state index contributed by atoms with van der Waals surface area (Å²) in [7, 11) is 0. The molecule has 0 aliphatic carbocycles. The van der Waals surface area contributed by atoms with Crippen LogP contribution in [0.5, 0.6) is 0 Å². The maximum Gasteiger partial charge on any atom is 2.00 e. The van der Waals surface area contributed by atoms with Crippen LogP contribution in [0.1, 0.15) is 0 Å². The fourth-order valence-electron chi connectivity index (χ4n) is 0. The molecule has 1 radical (unpaired) electrons. The molecule has 0 amide bonds. The molecule has 35 valence electrons. The average molecular weight is 202 g/mol. The molecule has 0 aliphatic heterocycles. The van der Waals surface area contributed by atoms with Gasteiger partial charge < -0.3 is 16.4 Å². The maximum atomic E-state index is 0. The van der Waals surface area contributed by atoms with Crippen LogP contribution < -0.4 is 0 Å². The van der Waals surface area contributed by atoms with Gasteiger partial charge in [-0.15, -0.1) is 0 Å². The smallest absolute Gasteiger partial charge is 0.870 e. The van der Waals surface area contributed by atoms with Crippen molar-refractivity contribution in [2.75, 3.05) is 0 Å². The molecule has 0 fully saturated rings. The van der Waals surface area contributed by atoms with Crippen molar-refractivity contribution in [2.24, 2.45) is 0 Å². The van der Waals surface area contributed by atoms with Gasteiger partial charge in [0.15, 0.2) is 0 Å². The van der Waals surface area contributed by atoms with Crippen molar-refractivity contribution in [3.8, 4) is 0 Å². The van der Waals surface area contributed by atoms with E-state index in [2.05, 4.69) is 0 Å². The average Bonchev–Trinajstić information content (AvgIpc) is 0. The minimum absolute atomic E-state index is 0. The Kier molecular flexibility index (Phi) is 1290. The van der Waals surface area contributed by atoms with Crippen LogP contribution in [0.4, 0.5) is 0 Å². The quantitative estimate of drug-likeness (QED) is 0.494. The molecule has 0 rings (SSSR count). The SMILES string of the molecule is O.[Co+2].[OH-].[OH-].[Zr]. The van der Waals surface area contributed by atoms with Crippen molar-refractivity contribution in [1.29, 1.82) is 0 Å². The molecule has 0 aromatic heterocycles. The zero-order valence-electron chi connectivity index (χ0n) is 2.23. The van der Waals surface area contributed by atoms with E-state index >= 15 is 0 Å². The summed E-state index contributed by atoms with van der Waals surface area (Å²) in [6.07, 6.45) is 0. The zero-order valence-corrected chi connectivity index (χ0v) is 5.73. The summed E-state index contributed by atoms with van der Waals surface area (Å²) in [4.78, 5) is 0. The maximum absolute atomic E-state index is 0. The van der Waals surface area contributed by atoms with E-state index in [1.165, 1.54) is 0 Å². The predicted molar refractivity (Wildman–Crippen MR) is 7.49 cm³/mol. The molecule has 0 saturated heterocycles. The van der Waals surface area contributed by atoms with Gasteiger partial charge in [0.1, 0.15) is 0 Å². The first-order valence-corrected chi connectivity index (χ1v) is 0. The minimum Gasteiger partial charge on any atom is -0.870 e. The first kappa shape index (κ1) is 108. The third kappa shape index (κ3) is 34.9. The molecule has 0 aromatic rings. The molecule has 0 aliphatic rings. The fourth-order valence-corrected chi connectivity index (χ4v) is 0. The van der Waals surface area contributed by atoms with Gasteiger partial charge in [-0.3, -0.25) is 0 Å². The Morgan fingerprint density at radius 2 is 0.800 bits per heavy atom. The van der Waals surface area contributed by atoms with E-state index in [1.54, 1.807) is 0 Å². The zero-order chi connectivity index (χ0) is 0. The van der Waals surface area contributed by atoms with Crippen LogP contribution in [0.2, 0.25) is 0 Å². The summed E-state index contributed by atoms with van der Waals surface area (Å²) in [6.45, 7) is 0. The normalized spacial score (nSPS) is 0. The van der Waals surface area contributed by atoms with Gasteiger partial charge in [0, 0.05) is 26.2 Å². The molecule has 5 heteroatoms. The second kappa shape index (κ2) is 59.6. The summed E-state index contributed by atoms with van der Waals surface area (Å²) in [5.74, 6) is 0. The summed E-state index contributed by atoms with van der Waals surface area (Å²) in [6, 6.07) is 0. The predicted octanol–water partition coefficient (Wildman–Crippen LogP) is -1.18. The Labute approximate surface area is 59.4 Å². The second-order valence-corrected chi connectivity index (χ2v) is 0. The Morgan fingerprint density at radius 3 is 0.800 bits per heavy atom. The molecule has 0 unspecified atom stereocenters. The summed E-state index contributed by atoms with van der Waals surface area (Å²) >= 11 is 0. The summed E-state index contributed by atoms with van der Waals surface area (Å²) < 4.78 is 0.